The van der Waals surface area contributed by atoms with E-state index in [0.29, 0.717) is 35.0 Å². The Balaban J connectivity index is 1.39. The number of benzene rings is 2. The molecule has 41 heavy (non-hydrogen) atoms. The van der Waals surface area contributed by atoms with Gasteiger partial charge in [-0.05, 0) is 84.9 Å². The first-order chi connectivity index (χ1) is 18.9. The molecule has 2 aromatic carbocycles. The molecule has 0 aromatic heterocycles. The summed E-state index contributed by atoms with van der Waals surface area (Å²) in [5.41, 5.74) is 0. The quantitative estimate of drug-likeness (QED) is 0.260. The minimum atomic E-state index is -7.35. The number of fused-ring (bicyclic) bond motifs is 3. The van der Waals surface area contributed by atoms with Gasteiger partial charge in [-0.25, -0.2) is 3.63 Å². The van der Waals surface area contributed by atoms with E-state index >= 15 is 0 Å². The van der Waals surface area contributed by atoms with Crippen LogP contribution in [0.25, 0.3) is 10.8 Å². The van der Waals surface area contributed by atoms with Crippen molar-refractivity contribution in [3.8, 4) is 5.75 Å². The van der Waals surface area contributed by atoms with Gasteiger partial charge >= 0.3 is 33.4 Å². The molecule has 0 amide bonds. The zero-order valence-corrected chi connectivity index (χ0v) is 23.0. The molecule has 230 valence electrons. The van der Waals surface area contributed by atoms with Crippen LogP contribution < -0.4 is 4.74 Å². The van der Waals surface area contributed by atoms with Crippen molar-refractivity contribution >= 4 is 31.2 Å². The highest BCUT2D eigenvalue weighted by Crippen LogP contribution is 2.65. The maximum absolute atomic E-state index is 14.4. The summed E-state index contributed by atoms with van der Waals surface area (Å²) < 4.78 is 156. The van der Waals surface area contributed by atoms with Gasteiger partial charge in [0.1, 0.15) is 5.75 Å². The second-order valence-corrected chi connectivity index (χ2v) is 15.9. The second kappa shape index (κ2) is 10.1. The van der Waals surface area contributed by atoms with Crippen LogP contribution >= 0.6 is 10.3 Å². The van der Waals surface area contributed by atoms with Gasteiger partial charge in [0.05, 0.1) is 6.61 Å². The molecule has 0 radical (unpaired) electrons. The van der Waals surface area contributed by atoms with Crippen LogP contribution in [0.3, 0.4) is 0 Å². The summed E-state index contributed by atoms with van der Waals surface area (Å²) in [4.78, 5) is 0.0587. The first-order valence-corrected chi connectivity index (χ1v) is 16.3. The molecule has 2 aromatic rings. The third kappa shape index (κ3) is 5.07. The number of halogens is 9. The van der Waals surface area contributed by atoms with Gasteiger partial charge < -0.3 is 4.74 Å². The van der Waals surface area contributed by atoms with E-state index in [9.17, 15) is 47.9 Å². The van der Waals surface area contributed by atoms with E-state index in [0.717, 1.165) is 12.3 Å². The smallest absolute Gasteiger partial charge is 0.460 e. The summed E-state index contributed by atoms with van der Waals surface area (Å²) in [5.74, 6) is -12.6. The van der Waals surface area contributed by atoms with Gasteiger partial charge in [0.15, 0.2) is 0 Å². The molecule has 2 saturated carbocycles. The zero-order chi connectivity index (χ0) is 30.1. The van der Waals surface area contributed by atoms with Gasteiger partial charge in [-0.1, -0.05) is 28.9 Å². The highest BCUT2D eigenvalue weighted by atomic mass is 32.3. The lowest BCUT2D eigenvalue weighted by Crippen LogP contribution is -2.63. The van der Waals surface area contributed by atoms with E-state index in [1.165, 1.54) is 37.5 Å². The van der Waals surface area contributed by atoms with Gasteiger partial charge in [0.25, 0.3) is 0 Å². The van der Waals surface area contributed by atoms with Crippen LogP contribution in [-0.4, -0.2) is 49.8 Å². The largest absolute Gasteiger partial charge is 0.493 e. The molecule has 2 aliphatic carbocycles. The fourth-order valence-corrected chi connectivity index (χ4v) is 11.8. The highest BCUT2D eigenvalue weighted by Gasteiger charge is 2.86. The molecule has 3 atom stereocenters. The first-order valence-electron chi connectivity index (χ1n) is 13.0. The number of ether oxygens (including phenoxy) is 1. The topological polar surface area (TPSA) is 52.6 Å². The lowest BCUT2D eigenvalue weighted by Gasteiger charge is -2.38. The number of hydrogen-bond acceptors (Lipinski definition) is 4. The Morgan fingerprint density at radius 2 is 1.44 bits per heavy atom. The first kappa shape index (κ1) is 30.6. The number of rotatable bonds is 9. The van der Waals surface area contributed by atoms with Crippen LogP contribution in [0.1, 0.15) is 38.5 Å². The van der Waals surface area contributed by atoms with Gasteiger partial charge in [0, 0.05) is 16.4 Å². The Morgan fingerprint density at radius 3 is 2.02 bits per heavy atom. The van der Waals surface area contributed by atoms with Crippen LogP contribution in [0.15, 0.2) is 41.3 Å². The molecule has 1 aliphatic heterocycles. The molecule has 15 heteroatoms. The maximum Gasteiger partial charge on any atom is 0.460 e. The molecule has 3 fully saturated rings. The third-order valence-electron chi connectivity index (χ3n) is 8.41. The zero-order valence-electron chi connectivity index (χ0n) is 21.4. The Hall–Kier alpha value is -1.87. The minimum Gasteiger partial charge on any atom is -0.493 e. The van der Waals surface area contributed by atoms with Gasteiger partial charge in [-0.3, -0.25) is 0 Å². The summed E-state index contributed by atoms with van der Waals surface area (Å²) in [6, 6.07) is 9.35. The SMILES string of the molecule is O=S(=O)(OS1(c2ccc3cc(OCC4CC5CCC4C5)ccc3c2)CCCC1)C(F)(F)C(F)(F)C(F)(F)C(F)(F)F. The average Bonchev–Trinajstić information content (AvgIpc) is 3.64. The predicted molar refractivity (Wildman–Crippen MR) is 134 cm³/mol. The van der Waals surface area contributed by atoms with Crippen LogP contribution in [0.2, 0.25) is 0 Å². The van der Waals surface area contributed by atoms with Crippen LogP contribution in [0.4, 0.5) is 39.5 Å². The number of alkyl halides is 9. The molecule has 3 unspecified atom stereocenters. The Morgan fingerprint density at radius 1 is 0.805 bits per heavy atom. The molecule has 1 saturated heterocycles. The highest BCUT2D eigenvalue weighted by molar-refractivity contribution is 8.33. The molecular weight excluding hydrogens is 611 g/mol. The van der Waals surface area contributed by atoms with E-state index in [1.807, 2.05) is 0 Å². The second-order valence-electron chi connectivity index (χ2n) is 11.0. The normalized spacial score (nSPS) is 26.0. The van der Waals surface area contributed by atoms with Crippen molar-refractivity contribution in [3.63, 3.8) is 0 Å². The van der Waals surface area contributed by atoms with E-state index in [2.05, 4.69) is 3.63 Å². The molecule has 3 aliphatic rings. The summed E-state index contributed by atoms with van der Waals surface area (Å²) in [6.45, 7) is 0.565. The standard InChI is InChI=1S/C26H27F9O4S2/c27-23(28,25(31,32)33)24(29,30)26(34,35)41(36,37)39-40(9-1-2-10-40)22-8-6-18-13-21(7-5-19(18)14-22)38-15-20-12-16-3-4-17(20)11-16/h5-8,13-14,16-17,20H,1-4,9-12,15H2. The van der Waals surface area contributed by atoms with Crippen molar-refractivity contribution in [3.05, 3.63) is 36.4 Å². The Labute approximate surface area is 232 Å². The number of hydrogen-bond donors (Lipinski definition) is 0. The molecule has 5 rings (SSSR count). The molecule has 1 heterocycles. The maximum atomic E-state index is 14.4. The average molecular weight is 639 g/mol. The van der Waals surface area contributed by atoms with E-state index in [4.69, 9.17) is 4.74 Å². The fraction of sp³-hybridized carbons (Fsp3) is 0.615. The van der Waals surface area contributed by atoms with Crippen LogP contribution in [0.5, 0.6) is 5.75 Å². The summed E-state index contributed by atoms with van der Waals surface area (Å²) in [5, 5.41) is -5.74. The van der Waals surface area contributed by atoms with Crippen molar-refractivity contribution < 1.29 is 56.3 Å². The molecule has 0 N–H and O–H groups in total. The van der Waals surface area contributed by atoms with Crippen LogP contribution in [-0.2, 0) is 13.7 Å². The van der Waals surface area contributed by atoms with E-state index < -0.39 is 43.7 Å². The van der Waals surface area contributed by atoms with E-state index in [-0.39, 0.29) is 29.2 Å². The lowest BCUT2D eigenvalue weighted by atomic mass is 9.89. The lowest BCUT2D eigenvalue weighted by molar-refractivity contribution is -0.382. The molecular formula is C26H27F9O4S2. The summed E-state index contributed by atoms with van der Waals surface area (Å²) in [7, 11) is -10.3. The van der Waals surface area contributed by atoms with Crippen molar-refractivity contribution in [1.82, 2.24) is 0 Å². The summed E-state index contributed by atoms with van der Waals surface area (Å²) in [6.07, 6.45) is -1.86. The predicted octanol–water partition coefficient (Wildman–Crippen LogP) is 8.30. The van der Waals surface area contributed by atoms with Crippen LogP contribution in [0, 0.1) is 17.8 Å². The van der Waals surface area contributed by atoms with Crippen molar-refractivity contribution in [2.75, 3.05) is 18.1 Å². The monoisotopic (exact) mass is 638 g/mol. The molecule has 0 spiro atoms. The van der Waals surface area contributed by atoms with E-state index in [1.54, 1.807) is 18.2 Å². The Bertz CT molecular complexity index is 1410. The van der Waals surface area contributed by atoms with Crippen molar-refractivity contribution in [1.29, 1.82) is 0 Å². The summed E-state index contributed by atoms with van der Waals surface area (Å²) >= 11 is 0. The molecule has 4 nitrogen and oxygen atoms in total. The van der Waals surface area contributed by atoms with Gasteiger partial charge in [-0.15, -0.1) is 0 Å². The van der Waals surface area contributed by atoms with Gasteiger partial charge in [-0.2, -0.15) is 47.9 Å². The van der Waals surface area contributed by atoms with Crippen molar-refractivity contribution in [2.45, 2.75) is 66.7 Å². The van der Waals surface area contributed by atoms with Gasteiger partial charge in [0.2, 0.25) is 0 Å². The molecule has 2 bridgehead atoms. The third-order valence-corrected chi connectivity index (χ3v) is 14.1. The van der Waals surface area contributed by atoms with Crippen molar-refractivity contribution in [2.24, 2.45) is 17.8 Å². The fourth-order valence-electron chi connectivity index (χ4n) is 6.15. The minimum absolute atomic E-state index is 0.0587. The Kier molecular flexibility index (Phi) is 7.54.